The predicted octanol–water partition coefficient (Wildman–Crippen LogP) is 7.30. The van der Waals surface area contributed by atoms with E-state index in [0.29, 0.717) is 13.2 Å². The summed E-state index contributed by atoms with van der Waals surface area (Å²) in [6.07, 6.45) is -0.950. The van der Waals surface area contributed by atoms with Crippen LogP contribution in [0.3, 0.4) is 0 Å². The van der Waals surface area contributed by atoms with Crippen molar-refractivity contribution < 1.29 is 23.8 Å². The molecule has 5 rings (SSSR count). The number of nitrogens with zero attached hydrogens (tertiary/aromatic N) is 1. The molecule has 0 aliphatic rings. The Hall–Kier alpha value is -4.37. The van der Waals surface area contributed by atoms with Gasteiger partial charge in [-0.25, -0.2) is 0 Å². The molecule has 0 aliphatic heterocycles. The van der Waals surface area contributed by atoms with Gasteiger partial charge in [0.1, 0.15) is 18.3 Å². The lowest BCUT2D eigenvalue weighted by Gasteiger charge is -2.40. The summed E-state index contributed by atoms with van der Waals surface area (Å²) in [6.45, 7) is 7.59. The van der Waals surface area contributed by atoms with Crippen molar-refractivity contribution in [1.82, 2.24) is 0 Å². The van der Waals surface area contributed by atoms with Gasteiger partial charge in [-0.1, -0.05) is 172 Å². The van der Waals surface area contributed by atoms with Crippen LogP contribution in [-0.2, 0) is 38.6 Å². The maximum atomic E-state index is 11.7. The molecule has 7 heteroatoms. The normalized spacial score (nSPS) is 14.0. The van der Waals surface area contributed by atoms with Crippen LogP contribution in [0.15, 0.2) is 157 Å². The van der Waals surface area contributed by atoms with Crippen LogP contribution in [0, 0.1) is 0 Å². The minimum absolute atomic E-state index is 0.0446. The molecule has 5 aromatic rings. The monoisotopic (exact) mass is 673 g/mol. The summed E-state index contributed by atoms with van der Waals surface area (Å²) in [5, 5.41) is 18.3. The molecule has 1 N–H and O–H groups in total. The van der Waals surface area contributed by atoms with Gasteiger partial charge >= 0.3 is 8.32 Å². The Morgan fingerprint density at radius 2 is 1.00 bits per heavy atom. The highest BCUT2D eigenvalue weighted by atomic mass is 28.4. The van der Waals surface area contributed by atoms with Gasteiger partial charge in [0.05, 0.1) is 32.6 Å². The number of rotatable bonds is 17. The van der Waals surface area contributed by atoms with E-state index < -0.39 is 26.6 Å². The van der Waals surface area contributed by atoms with E-state index in [0.717, 1.165) is 27.1 Å². The van der Waals surface area contributed by atoms with Crippen molar-refractivity contribution in [2.24, 2.45) is 5.16 Å². The fraction of sp³-hybridized carbons (Fsp3) is 0.262. The molecule has 6 nitrogen and oxygen atoms in total. The first-order chi connectivity index (χ1) is 23.9. The molecular formula is C42H47NO5Si. The highest BCUT2D eigenvalue weighted by molar-refractivity contribution is 6.99. The number of hydrogen-bond acceptors (Lipinski definition) is 6. The maximum Gasteiger partial charge on any atom is 0.354 e. The summed E-state index contributed by atoms with van der Waals surface area (Å²) in [4.78, 5) is 0. The van der Waals surface area contributed by atoms with Crippen molar-refractivity contribution in [3.63, 3.8) is 0 Å². The first kappa shape index (κ1) is 35.9. The van der Waals surface area contributed by atoms with Gasteiger partial charge in [0.2, 0.25) is 0 Å². The summed E-state index contributed by atoms with van der Waals surface area (Å²) in [7, 11) is -2.98. The molecule has 0 heterocycles. The van der Waals surface area contributed by atoms with Gasteiger partial charge in [-0.3, -0.25) is 0 Å². The maximum absolute atomic E-state index is 11.7. The van der Waals surface area contributed by atoms with Crippen molar-refractivity contribution in [3.8, 4) is 0 Å². The topological polar surface area (TPSA) is 69.5 Å². The number of hydrogen-bond donors (Lipinski definition) is 1. The van der Waals surface area contributed by atoms with Crippen molar-refractivity contribution in [1.29, 1.82) is 0 Å². The number of oxime groups is 1. The van der Waals surface area contributed by atoms with E-state index in [1.165, 1.54) is 0 Å². The first-order valence-electron chi connectivity index (χ1n) is 16.8. The van der Waals surface area contributed by atoms with E-state index in [1.54, 1.807) is 6.21 Å². The van der Waals surface area contributed by atoms with Gasteiger partial charge in [0, 0.05) is 5.04 Å². The number of aliphatic hydroxyl groups excluding tert-OH is 1. The van der Waals surface area contributed by atoms with Crippen LogP contribution < -0.4 is 10.4 Å². The molecule has 5 aromatic carbocycles. The van der Waals surface area contributed by atoms with Gasteiger partial charge in [-0.05, 0) is 27.1 Å². The van der Waals surface area contributed by atoms with Gasteiger partial charge in [0.15, 0.2) is 0 Å². The smallest absolute Gasteiger partial charge is 0.354 e. The molecule has 0 saturated carbocycles. The minimum atomic E-state index is -2.98. The Morgan fingerprint density at radius 3 is 1.45 bits per heavy atom. The van der Waals surface area contributed by atoms with Crippen LogP contribution in [0.2, 0.25) is 5.04 Å². The third-order valence-corrected chi connectivity index (χ3v) is 13.3. The zero-order valence-corrected chi connectivity index (χ0v) is 29.6. The van der Waals surface area contributed by atoms with E-state index in [-0.39, 0.29) is 18.3 Å². The van der Waals surface area contributed by atoms with Gasteiger partial charge in [0.25, 0.3) is 0 Å². The van der Waals surface area contributed by atoms with E-state index in [1.807, 2.05) is 127 Å². The van der Waals surface area contributed by atoms with Crippen molar-refractivity contribution in [2.45, 2.75) is 63.9 Å². The Balaban J connectivity index is 1.47. The molecule has 0 aliphatic carbocycles. The molecule has 0 aromatic heterocycles. The van der Waals surface area contributed by atoms with Crippen molar-refractivity contribution in [2.75, 3.05) is 6.61 Å². The fourth-order valence-corrected chi connectivity index (χ4v) is 10.0. The zero-order chi connectivity index (χ0) is 34.4. The Morgan fingerprint density at radius 1 is 0.592 bits per heavy atom. The Kier molecular flexibility index (Phi) is 13.1. The van der Waals surface area contributed by atoms with Crippen LogP contribution in [0.25, 0.3) is 0 Å². The minimum Gasteiger partial charge on any atom is -0.443 e. The van der Waals surface area contributed by atoms with Gasteiger partial charge in [-0.2, -0.15) is 0 Å². The first-order valence-corrected chi connectivity index (χ1v) is 18.7. The van der Waals surface area contributed by atoms with Crippen LogP contribution in [0.5, 0.6) is 0 Å². The Labute approximate surface area is 292 Å². The summed E-state index contributed by atoms with van der Waals surface area (Å²) in [6, 6.07) is 50.5. The fourth-order valence-electron chi connectivity index (χ4n) is 5.94. The molecular weight excluding hydrogens is 627 g/mol. The molecule has 0 bridgehead atoms. The van der Waals surface area contributed by atoms with E-state index in [9.17, 15) is 5.11 Å². The molecule has 0 unspecified atom stereocenters. The van der Waals surface area contributed by atoms with Crippen LogP contribution in [-0.4, -0.2) is 44.6 Å². The van der Waals surface area contributed by atoms with Crippen LogP contribution >= 0.6 is 0 Å². The predicted molar refractivity (Wildman–Crippen MR) is 199 cm³/mol. The lowest BCUT2D eigenvalue weighted by atomic mass is 10.1. The van der Waals surface area contributed by atoms with E-state index in [2.05, 4.69) is 45.0 Å². The standard InChI is InChI=1S/C42H47NO5Si/c1-42(2,3)49(37-25-15-7-16-26-37,38-27-17-8-18-28-38)48-43-29-40(46-31-35-21-11-5-12-22-35)41(47-32-36-23-13-6-14-24-36)39(44)33-45-30-34-19-9-4-10-20-34/h4-29,39-41,44H,30-33H2,1-3H3/b43-29+/t39-,40-,41-/m1/s1. The average molecular weight is 674 g/mol. The summed E-state index contributed by atoms with van der Waals surface area (Å²) in [5.74, 6) is 0. The van der Waals surface area contributed by atoms with Crippen molar-refractivity contribution in [3.05, 3.63) is 168 Å². The van der Waals surface area contributed by atoms with E-state index >= 15 is 0 Å². The highest BCUT2D eigenvalue weighted by Gasteiger charge is 2.53. The van der Waals surface area contributed by atoms with Gasteiger partial charge in [-0.15, -0.1) is 5.16 Å². The molecule has 0 saturated heterocycles. The molecule has 0 amide bonds. The third-order valence-electron chi connectivity index (χ3n) is 8.49. The quantitative estimate of drug-likeness (QED) is 0.0638. The molecule has 254 valence electrons. The van der Waals surface area contributed by atoms with E-state index in [4.69, 9.17) is 23.9 Å². The second kappa shape index (κ2) is 17.9. The molecule has 0 fully saturated rings. The SMILES string of the molecule is CC(C)(C)[Si](O/N=C/[C@@H](OCc1ccccc1)[C@H](OCc1ccccc1)[C@H](O)COCc1ccccc1)(c1ccccc1)c1ccccc1. The number of ether oxygens (including phenoxy) is 3. The summed E-state index contributed by atoms with van der Waals surface area (Å²) < 4.78 is 25.8. The second-order valence-electron chi connectivity index (χ2n) is 13.1. The lowest BCUT2D eigenvalue weighted by Crippen LogP contribution is -2.65. The summed E-state index contributed by atoms with van der Waals surface area (Å²) in [5.41, 5.74) is 2.99. The average Bonchev–Trinajstić information content (AvgIpc) is 3.13. The molecule has 3 atom stereocenters. The van der Waals surface area contributed by atoms with Crippen LogP contribution in [0.4, 0.5) is 0 Å². The zero-order valence-electron chi connectivity index (χ0n) is 28.6. The van der Waals surface area contributed by atoms with Crippen LogP contribution in [0.1, 0.15) is 37.5 Å². The summed E-state index contributed by atoms with van der Waals surface area (Å²) >= 11 is 0. The largest absolute Gasteiger partial charge is 0.443 e. The highest BCUT2D eigenvalue weighted by Crippen LogP contribution is 2.37. The molecule has 49 heavy (non-hydrogen) atoms. The Bertz CT molecular complexity index is 1630. The lowest BCUT2D eigenvalue weighted by molar-refractivity contribution is -0.127. The third kappa shape index (κ3) is 9.85. The van der Waals surface area contributed by atoms with Gasteiger partial charge < -0.3 is 23.8 Å². The number of benzene rings is 5. The second-order valence-corrected chi connectivity index (χ2v) is 17.3. The number of aliphatic hydroxyl groups is 1. The molecule has 0 radical (unpaired) electrons. The van der Waals surface area contributed by atoms with Crippen molar-refractivity contribution >= 4 is 24.9 Å². The molecule has 0 spiro atoms.